The summed E-state index contributed by atoms with van der Waals surface area (Å²) in [7, 11) is 0. The van der Waals surface area contributed by atoms with Gasteiger partial charge in [-0.3, -0.25) is 9.69 Å². The molecule has 2 aliphatic heterocycles. The van der Waals surface area contributed by atoms with Crippen LogP contribution in [0.1, 0.15) is 6.92 Å². The SMILES string of the molecule is CC(=O)/C=C/CN1CC2OCCOSC2C1. The molecule has 0 N–H and O–H groups in total. The standard InChI is InChI=1S/C11H17NO3S/c1-9(13)3-2-4-12-7-10-11(8-12)16-15-6-5-14-10/h2-3,10-11H,4-8H2,1H3/b3-2+. The molecule has 2 atom stereocenters. The average Bonchev–Trinajstić information content (AvgIpc) is 2.48. The van der Waals surface area contributed by atoms with Crippen LogP contribution in [-0.2, 0) is 13.7 Å². The second-order valence-electron chi connectivity index (χ2n) is 4.10. The Bertz CT molecular complexity index is 268. The largest absolute Gasteiger partial charge is 0.373 e. The van der Waals surface area contributed by atoms with E-state index in [0.717, 1.165) is 19.6 Å². The molecule has 0 spiro atoms. The lowest BCUT2D eigenvalue weighted by atomic mass is 10.3. The van der Waals surface area contributed by atoms with Gasteiger partial charge in [0.2, 0.25) is 0 Å². The van der Waals surface area contributed by atoms with Crippen LogP contribution in [0.5, 0.6) is 0 Å². The van der Waals surface area contributed by atoms with Gasteiger partial charge in [-0.15, -0.1) is 0 Å². The minimum Gasteiger partial charge on any atom is -0.373 e. The van der Waals surface area contributed by atoms with Crippen molar-refractivity contribution in [2.45, 2.75) is 18.3 Å². The van der Waals surface area contributed by atoms with E-state index in [-0.39, 0.29) is 11.9 Å². The molecular weight excluding hydrogens is 226 g/mol. The maximum absolute atomic E-state index is 10.8. The third kappa shape index (κ3) is 3.31. The Kier molecular flexibility index (Phi) is 4.40. The number of carbonyl (C=O) groups excluding carboxylic acids is 1. The van der Waals surface area contributed by atoms with Gasteiger partial charge in [0.1, 0.15) is 0 Å². The molecule has 0 aromatic rings. The molecule has 2 unspecified atom stereocenters. The summed E-state index contributed by atoms with van der Waals surface area (Å²) in [6, 6.07) is 0. The van der Waals surface area contributed by atoms with Crippen molar-refractivity contribution in [3.05, 3.63) is 12.2 Å². The van der Waals surface area contributed by atoms with Gasteiger partial charge in [0.05, 0.1) is 24.6 Å². The Balaban J connectivity index is 1.80. The fraction of sp³-hybridized carbons (Fsp3) is 0.727. The van der Waals surface area contributed by atoms with Crippen LogP contribution >= 0.6 is 12.0 Å². The van der Waals surface area contributed by atoms with Crippen LogP contribution in [0.3, 0.4) is 0 Å². The first kappa shape index (κ1) is 12.1. The molecule has 0 aromatic carbocycles. The van der Waals surface area contributed by atoms with Crippen LogP contribution in [-0.4, -0.2) is 54.9 Å². The number of rotatable bonds is 3. The van der Waals surface area contributed by atoms with E-state index in [0.29, 0.717) is 18.5 Å². The number of ether oxygens (including phenoxy) is 1. The monoisotopic (exact) mass is 243 g/mol. The van der Waals surface area contributed by atoms with Gasteiger partial charge in [-0.2, -0.15) is 0 Å². The highest BCUT2D eigenvalue weighted by Crippen LogP contribution is 2.28. The molecule has 4 nitrogen and oxygen atoms in total. The van der Waals surface area contributed by atoms with Gasteiger partial charge in [0.15, 0.2) is 5.78 Å². The number of nitrogens with zero attached hydrogens (tertiary/aromatic N) is 1. The Morgan fingerprint density at radius 2 is 2.38 bits per heavy atom. The van der Waals surface area contributed by atoms with Crippen molar-refractivity contribution in [1.82, 2.24) is 4.90 Å². The summed E-state index contributed by atoms with van der Waals surface area (Å²) in [5.74, 6) is 0.0994. The molecule has 0 bridgehead atoms. The van der Waals surface area contributed by atoms with Crippen LogP contribution < -0.4 is 0 Å². The zero-order valence-corrected chi connectivity index (χ0v) is 10.2. The number of ketones is 1. The number of fused-ring (bicyclic) bond motifs is 1. The van der Waals surface area contributed by atoms with Crippen LogP contribution in [0.4, 0.5) is 0 Å². The fourth-order valence-corrected chi connectivity index (χ4v) is 2.86. The van der Waals surface area contributed by atoms with E-state index in [1.807, 2.05) is 6.08 Å². The van der Waals surface area contributed by atoms with Crippen LogP contribution in [0.2, 0.25) is 0 Å². The first-order valence-corrected chi connectivity index (χ1v) is 6.35. The summed E-state index contributed by atoms with van der Waals surface area (Å²) in [4.78, 5) is 13.0. The minimum atomic E-state index is 0.0994. The molecule has 2 heterocycles. The molecule has 2 rings (SSSR count). The van der Waals surface area contributed by atoms with Gasteiger partial charge in [-0.25, -0.2) is 0 Å². The predicted molar refractivity (Wildman–Crippen MR) is 63.3 cm³/mol. The first-order chi connectivity index (χ1) is 7.75. The van der Waals surface area contributed by atoms with E-state index >= 15 is 0 Å². The molecule has 16 heavy (non-hydrogen) atoms. The molecule has 0 saturated carbocycles. The fourth-order valence-electron chi connectivity index (χ4n) is 1.96. The second kappa shape index (κ2) is 5.82. The zero-order valence-electron chi connectivity index (χ0n) is 9.43. The summed E-state index contributed by atoms with van der Waals surface area (Å²) >= 11 is 1.54. The smallest absolute Gasteiger partial charge is 0.152 e. The van der Waals surface area contributed by atoms with Crippen molar-refractivity contribution < 1.29 is 13.7 Å². The summed E-state index contributed by atoms with van der Waals surface area (Å²) in [5, 5.41) is 0.410. The average molecular weight is 243 g/mol. The molecule has 90 valence electrons. The van der Waals surface area contributed by atoms with E-state index in [4.69, 9.17) is 8.92 Å². The maximum Gasteiger partial charge on any atom is 0.152 e. The number of carbonyl (C=O) groups is 1. The number of hydrogen-bond acceptors (Lipinski definition) is 5. The molecular formula is C11H17NO3S. The third-order valence-corrected chi connectivity index (χ3v) is 3.70. The first-order valence-electron chi connectivity index (χ1n) is 5.55. The van der Waals surface area contributed by atoms with E-state index in [1.165, 1.54) is 0 Å². The Labute approximate surface area is 100 Å². The van der Waals surface area contributed by atoms with Crippen molar-refractivity contribution in [1.29, 1.82) is 0 Å². The third-order valence-electron chi connectivity index (χ3n) is 2.70. The van der Waals surface area contributed by atoms with Gasteiger partial charge >= 0.3 is 0 Å². The van der Waals surface area contributed by atoms with Gasteiger partial charge in [-0.05, 0) is 25.0 Å². The normalized spacial score (nSPS) is 31.6. The minimum absolute atomic E-state index is 0.0994. The van der Waals surface area contributed by atoms with Crippen molar-refractivity contribution in [2.24, 2.45) is 0 Å². The van der Waals surface area contributed by atoms with E-state index in [1.54, 1.807) is 25.0 Å². The summed E-state index contributed by atoms with van der Waals surface area (Å²) < 4.78 is 11.1. The highest BCUT2D eigenvalue weighted by molar-refractivity contribution is 7.95. The number of likely N-dealkylation sites (tertiary alicyclic amines) is 1. The predicted octanol–water partition coefficient (Wildman–Crippen LogP) is 0.879. The van der Waals surface area contributed by atoms with Crippen LogP contribution in [0.15, 0.2) is 12.2 Å². The molecule has 2 saturated heterocycles. The van der Waals surface area contributed by atoms with Gasteiger partial charge in [0.25, 0.3) is 0 Å². The molecule has 0 amide bonds. The summed E-state index contributed by atoms with van der Waals surface area (Å²) in [6.07, 6.45) is 3.82. The van der Waals surface area contributed by atoms with Gasteiger partial charge in [0, 0.05) is 19.6 Å². The zero-order chi connectivity index (χ0) is 11.4. The Hall–Kier alpha value is -0.360. The van der Waals surface area contributed by atoms with Crippen LogP contribution in [0, 0.1) is 0 Å². The van der Waals surface area contributed by atoms with Crippen molar-refractivity contribution in [3.8, 4) is 0 Å². The highest BCUT2D eigenvalue weighted by Gasteiger charge is 2.35. The quantitative estimate of drug-likeness (QED) is 0.543. The molecule has 5 heteroatoms. The second-order valence-corrected chi connectivity index (χ2v) is 5.13. The number of hydrogen-bond donors (Lipinski definition) is 0. The van der Waals surface area contributed by atoms with Gasteiger partial charge < -0.3 is 8.92 Å². The molecule has 0 aromatic heterocycles. The lowest BCUT2D eigenvalue weighted by molar-refractivity contribution is -0.112. The summed E-state index contributed by atoms with van der Waals surface area (Å²) in [5.41, 5.74) is 0. The van der Waals surface area contributed by atoms with Crippen molar-refractivity contribution >= 4 is 17.8 Å². The van der Waals surface area contributed by atoms with Crippen molar-refractivity contribution in [2.75, 3.05) is 32.8 Å². The van der Waals surface area contributed by atoms with E-state index in [2.05, 4.69) is 4.90 Å². The topological polar surface area (TPSA) is 38.8 Å². The van der Waals surface area contributed by atoms with Crippen molar-refractivity contribution in [3.63, 3.8) is 0 Å². The molecule has 0 radical (unpaired) electrons. The lowest BCUT2D eigenvalue weighted by Gasteiger charge is -2.13. The Morgan fingerprint density at radius 3 is 3.19 bits per heavy atom. The maximum atomic E-state index is 10.8. The molecule has 2 aliphatic rings. The van der Waals surface area contributed by atoms with E-state index < -0.39 is 0 Å². The summed E-state index contributed by atoms with van der Waals surface area (Å²) in [6.45, 7) is 5.65. The van der Waals surface area contributed by atoms with E-state index in [9.17, 15) is 4.79 Å². The van der Waals surface area contributed by atoms with Crippen LogP contribution in [0.25, 0.3) is 0 Å². The van der Waals surface area contributed by atoms with Gasteiger partial charge in [-0.1, -0.05) is 6.08 Å². The number of allylic oxidation sites excluding steroid dienone is 1. The Morgan fingerprint density at radius 1 is 1.50 bits per heavy atom. The molecule has 0 aliphatic carbocycles. The molecule has 2 fully saturated rings. The lowest BCUT2D eigenvalue weighted by Crippen LogP contribution is -2.24. The highest BCUT2D eigenvalue weighted by atomic mass is 32.2.